The second-order valence-electron chi connectivity index (χ2n) is 4.15. The van der Waals surface area contributed by atoms with Crippen molar-refractivity contribution in [2.24, 2.45) is 0 Å². The van der Waals surface area contributed by atoms with Gasteiger partial charge in [0.25, 0.3) is 0 Å². The molecule has 0 heterocycles. The Labute approximate surface area is 115 Å². The van der Waals surface area contributed by atoms with Gasteiger partial charge in [-0.25, -0.2) is 0 Å². The van der Waals surface area contributed by atoms with E-state index in [2.05, 4.69) is 4.74 Å². The topological polar surface area (TPSA) is 29.5 Å². The molecule has 0 aliphatic rings. The van der Waals surface area contributed by atoms with Gasteiger partial charge in [0.1, 0.15) is 5.75 Å². The summed E-state index contributed by atoms with van der Waals surface area (Å²) in [4.78, 5) is 0. The Morgan fingerprint density at radius 2 is 1.95 bits per heavy atom. The molecule has 6 heteroatoms. The molecule has 2 nitrogen and oxygen atoms in total. The average Bonchev–Trinajstić information content (AvgIpc) is 2.34. The highest BCUT2D eigenvalue weighted by Gasteiger charge is 2.32. The Morgan fingerprint density at radius 1 is 1.32 bits per heavy atom. The van der Waals surface area contributed by atoms with Crippen LogP contribution in [-0.2, 0) is 0 Å². The molecule has 1 aromatic carbocycles. The predicted molar refractivity (Wildman–Crippen MR) is 70.3 cm³/mol. The SMILES string of the molecule is CCC(C)SCC(O)c1ccccc1OC(F)(F)F. The van der Waals surface area contributed by atoms with Crippen LogP contribution < -0.4 is 4.74 Å². The van der Waals surface area contributed by atoms with E-state index in [9.17, 15) is 18.3 Å². The number of ether oxygens (including phenoxy) is 1. The minimum absolute atomic E-state index is 0.163. The first-order valence-electron chi connectivity index (χ1n) is 5.97. The normalized spacial score (nSPS) is 15.1. The van der Waals surface area contributed by atoms with Crippen molar-refractivity contribution in [2.45, 2.75) is 38.0 Å². The van der Waals surface area contributed by atoms with Gasteiger partial charge in [-0.05, 0) is 12.5 Å². The fourth-order valence-corrected chi connectivity index (χ4v) is 2.36. The van der Waals surface area contributed by atoms with Gasteiger partial charge in [0.05, 0.1) is 6.10 Å². The third-order valence-electron chi connectivity index (χ3n) is 2.62. The van der Waals surface area contributed by atoms with Crippen molar-refractivity contribution in [2.75, 3.05) is 5.75 Å². The molecular formula is C13H17F3O2S. The summed E-state index contributed by atoms with van der Waals surface area (Å²) >= 11 is 1.52. The number of thioether (sulfide) groups is 1. The van der Waals surface area contributed by atoms with Gasteiger partial charge in [0.2, 0.25) is 0 Å². The number of para-hydroxylation sites is 1. The van der Waals surface area contributed by atoms with Gasteiger partial charge >= 0.3 is 6.36 Å². The van der Waals surface area contributed by atoms with Crippen molar-refractivity contribution >= 4 is 11.8 Å². The molecule has 2 atom stereocenters. The van der Waals surface area contributed by atoms with E-state index < -0.39 is 12.5 Å². The van der Waals surface area contributed by atoms with Crippen LogP contribution in [0.25, 0.3) is 0 Å². The van der Waals surface area contributed by atoms with Gasteiger partial charge in [-0.15, -0.1) is 13.2 Å². The summed E-state index contributed by atoms with van der Waals surface area (Å²) in [6, 6.07) is 5.68. The number of rotatable bonds is 6. The molecule has 0 amide bonds. The smallest absolute Gasteiger partial charge is 0.405 e. The van der Waals surface area contributed by atoms with E-state index in [-0.39, 0.29) is 11.3 Å². The Kier molecular flexibility index (Phi) is 6.00. The van der Waals surface area contributed by atoms with Crippen LogP contribution in [0.5, 0.6) is 5.75 Å². The monoisotopic (exact) mass is 294 g/mol. The molecule has 0 radical (unpaired) electrons. The summed E-state index contributed by atoms with van der Waals surface area (Å²) in [6.45, 7) is 4.03. The van der Waals surface area contributed by atoms with Crippen molar-refractivity contribution in [1.29, 1.82) is 0 Å². The number of aliphatic hydroxyl groups excluding tert-OH is 1. The fourth-order valence-electron chi connectivity index (χ4n) is 1.44. The van der Waals surface area contributed by atoms with Gasteiger partial charge in [-0.2, -0.15) is 11.8 Å². The van der Waals surface area contributed by atoms with Crippen LogP contribution in [0.4, 0.5) is 13.2 Å². The lowest BCUT2D eigenvalue weighted by molar-refractivity contribution is -0.275. The first kappa shape index (κ1) is 16.2. The second-order valence-corrected chi connectivity index (χ2v) is 5.63. The number of hydrogen-bond donors (Lipinski definition) is 1. The molecular weight excluding hydrogens is 277 g/mol. The molecule has 0 aliphatic carbocycles. The van der Waals surface area contributed by atoms with E-state index in [1.54, 1.807) is 6.07 Å². The third kappa shape index (κ3) is 5.74. The minimum atomic E-state index is -4.75. The summed E-state index contributed by atoms with van der Waals surface area (Å²) in [5, 5.41) is 10.3. The molecule has 0 spiro atoms. The molecule has 0 saturated carbocycles. The zero-order chi connectivity index (χ0) is 14.5. The molecule has 1 aromatic rings. The standard InChI is InChI=1S/C13H17F3O2S/c1-3-9(2)19-8-11(17)10-6-4-5-7-12(10)18-13(14,15)16/h4-7,9,11,17H,3,8H2,1-2H3. The molecule has 0 fully saturated rings. The highest BCUT2D eigenvalue weighted by atomic mass is 32.2. The Bertz CT molecular complexity index is 396. The maximum atomic E-state index is 12.2. The maximum Gasteiger partial charge on any atom is 0.573 e. The fraction of sp³-hybridized carbons (Fsp3) is 0.538. The van der Waals surface area contributed by atoms with Crippen molar-refractivity contribution in [3.8, 4) is 5.75 Å². The van der Waals surface area contributed by atoms with Gasteiger partial charge in [-0.1, -0.05) is 32.0 Å². The lowest BCUT2D eigenvalue weighted by Gasteiger charge is -2.18. The number of halogens is 3. The molecule has 0 aromatic heterocycles. The van der Waals surface area contributed by atoms with Crippen molar-refractivity contribution in [3.05, 3.63) is 29.8 Å². The molecule has 1 rings (SSSR count). The number of aliphatic hydroxyl groups is 1. The average molecular weight is 294 g/mol. The van der Waals surface area contributed by atoms with E-state index in [0.29, 0.717) is 11.0 Å². The molecule has 108 valence electrons. The zero-order valence-electron chi connectivity index (χ0n) is 10.8. The van der Waals surface area contributed by atoms with Gasteiger partial charge < -0.3 is 9.84 Å². The minimum Gasteiger partial charge on any atom is -0.405 e. The van der Waals surface area contributed by atoms with Crippen molar-refractivity contribution in [3.63, 3.8) is 0 Å². The largest absolute Gasteiger partial charge is 0.573 e. The lowest BCUT2D eigenvalue weighted by atomic mass is 10.1. The van der Waals surface area contributed by atoms with Crippen LogP contribution in [0.2, 0.25) is 0 Å². The van der Waals surface area contributed by atoms with Crippen molar-refractivity contribution < 1.29 is 23.0 Å². The number of benzene rings is 1. The molecule has 2 unspecified atom stereocenters. The van der Waals surface area contributed by atoms with Crippen LogP contribution in [0.1, 0.15) is 31.9 Å². The second kappa shape index (κ2) is 7.05. The van der Waals surface area contributed by atoms with Crippen LogP contribution in [-0.4, -0.2) is 22.5 Å². The number of alkyl halides is 3. The maximum absolute atomic E-state index is 12.2. The van der Waals surface area contributed by atoms with E-state index in [0.717, 1.165) is 6.42 Å². The van der Waals surface area contributed by atoms with Crippen LogP contribution in [0.15, 0.2) is 24.3 Å². The molecule has 1 N–H and O–H groups in total. The Balaban J connectivity index is 2.76. The lowest BCUT2D eigenvalue weighted by Crippen LogP contribution is -2.19. The Morgan fingerprint density at radius 3 is 2.53 bits per heavy atom. The summed E-state index contributed by atoms with van der Waals surface area (Å²) < 4.78 is 40.7. The van der Waals surface area contributed by atoms with E-state index in [4.69, 9.17) is 0 Å². The zero-order valence-corrected chi connectivity index (χ0v) is 11.6. The molecule has 0 bridgehead atoms. The highest BCUT2D eigenvalue weighted by Crippen LogP contribution is 2.32. The summed E-state index contributed by atoms with van der Waals surface area (Å²) in [5.74, 6) is 0.00000520. The first-order valence-corrected chi connectivity index (χ1v) is 7.02. The Hall–Kier alpha value is -0.880. The molecule has 0 aliphatic heterocycles. The predicted octanol–water partition coefficient (Wildman–Crippen LogP) is 4.15. The van der Waals surface area contributed by atoms with Gasteiger partial charge in [0.15, 0.2) is 0 Å². The third-order valence-corrected chi connectivity index (χ3v) is 4.03. The molecule has 19 heavy (non-hydrogen) atoms. The van der Waals surface area contributed by atoms with Gasteiger partial charge in [-0.3, -0.25) is 0 Å². The number of hydrogen-bond acceptors (Lipinski definition) is 3. The van der Waals surface area contributed by atoms with Crippen molar-refractivity contribution in [1.82, 2.24) is 0 Å². The van der Waals surface area contributed by atoms with E-state index >= 15 is 0 Å². The van der Waals surface area contributed by atoms with Crippen LogP contribution >= 0.6 is 11.8 Å². The van der Waals surface area contributed by atoms with Gasteiger partial charge in [0, 0.05) is 16.6 Å². The molecule has 0 saturated heterocycles. The van der Waals surface area contributed by atoms with Crippen LogP contribution in [0.3, 0.4) is 0 Å². The van der Waals surface area contributed by atoms with Crippen LogP contribution in [0, 0.1) is 0 Å². The summed E-state index contributed by atoms with van der Waals surface area (Å²) in [5.41, 5.74) is 0.163. The summed E-state index contributed by atoms with van der Waals surface area (Å²) in [7, 11) is 0. The first-order chi connectivity index (χ1) is 8.83. The summed E-state index contributed by atoms with van der Waals surface area (Å²) in [6.07, 6.45) is -4.78. The quantitative estimate of drug-likeness (QED) is 0.854. The van der Waals surface area contributed by atoms with E-state index in [1.807, 2.05) is 13.8 Å². The highest BCUT2D eigenvalue weighted by molar-refractivity contribution is 7.99. The van der Waals surface area contributed by atoms with E-state index in [1.165, 1.54) is 30.0 Å².